The minimum Gasteiger partial charge on any atom is -0.349 e. The minimum absolute atomic E-state index is 0.0154. The molecule has 0 aromatic heterocycles. The lowest BCUT2D eigenvalue weighted by molar-refractivity contribution is -0.387. The number of carbonyl (C=O) groups excluding carboxylic acids is 1. The summed E-state index contributed by atoms with van der Waals surface area (Å²) in [6, 6.07) is 3.13. The zero-order valence-corrected chi connectivity index (χ0v) is 9.43. The second-order valence-electron chi connectivity index (χ2n) is 4.04. The fourth-order valence-electron chi connectivity index (χ4n) is 1.80. The molecule has 0 unspecified atom stereocenters. The van der Waals surface area contributed by atoms with Gasteiger partial charge < -0.3 is 5.32 Å². The van der Waals surface area contributed by atoms with Gasteiger partial charge in [-0.3, -0.25) is 14.9 Å². The third kappa shape index (κ3) is 2.53. The van der Waals surface area contributed by atoms with E-state index in [2.05, 4.69) is 5.32 Å². The number of halogens is 1. The van der Waals surface area contributed by atoms with Crippen LogP contribution < -0.4 is 5.32 Å². The predicted octanol–water partition coefficient (Wildman–Crippen LogP) is 2.18. The van der Waals surface area contributed by atoms with Crippen LogP contribution in [0.25, 0.3) is 0 Å². The molecular formula is C12H11FN2O3. The molecule has 1 aliphatic carbocycles. The Labute approximate surface area is 102 Å². The lowest BCUT2D eigenvalue weighted by atomic mass is 10.1. The number of nitrogens with one attached hydrogen (secondary N) is 1. The molecule has 1 amide bonds. The van der Waals surface area contributed by atoms with Gasteiger partial charge in [-0.2, -0.15) is 4.39 Å². The average Bonchev–Trinajstić information content (AvgIpc) is 2.81. The van der Waals surface area contributed by atoms with Gasteiger partial charge in [0.1, 0.15) is 0 Å². The first kappa shape index (κ1) is 12.2. The van der Waals surface area contributed by atoms with E-state index in [4.69, 9.17) is 0 Å². The number of nitro groups is 1. The van der Waals surface area contributed by atoms with E-state index in [1.807, 2.05) is 12.2 Å². The van der Waals surface area contributed by atoms with Gasteiger partial charge in [0.2, 0.25) is 5.82 Å². The molecule has 0 spiro atoms. The van der Waals surface area contributed by atoms with Crippen molar-refractivity contribution in [3.8, 4) is 0 Å². The summed E-state index contributed by atoms with van der Waals surface area (Å²) in [6.45, 7) is 0. The molecule has 2 rings (SSSR count). The quantitative estimate of drug-likeness (QED) is 0.507. The summed E-state index contributed by atoms with van der Waals surface area (Å²) in [4.78, 5) is 21.5. The highest BCUT2D eigenvalue weighted by Gasteiger charge is 2.19. The van der Waals surface area contributed by atoms with E-state index in [1.54, 1.807) is 0 Å². The Kier molecular flexibility index (Phi) is 3.36. The third-order valence-corrected chi connectivity index (χ3v) is 2.75. The van der Waals surface area contributed by atoms with Crippen molar-refractivity contribution in [1.82, 2.24) is 5.32 Å². The van der Waals surface area contributed by atoms with Crippen LogP contribution in [0.1, 0.15) is 23.2 Å². The van der Waals surface area contributed by atoms with Crippen molar-refractivity contribution < 1.29 is 14.1 Å². The topological polar surface area (TPSA) is 72.2 Å². The molecule has 0 aliphatic heterocycles. The number of nitro benzene ring substituents is 1. The van der Waals surface area contributed by atoms with E-state index in [0.29, 0.717) is 0 Å². The summed E-state index contributed by atoms with van der Waals surface area (Å²) < 4.78 is 13.1. The van der Waals surface area contributed by atoms with Crippen LogP contribution in [0, 0.1) is 15.9 Å². The smallest absolute Gasteiger partial charge is 0.305 e. The Morgan fingerprint density at radius 3 is 2.67 bits per heavy atom. The Morgan fingerprint density at radius 2 is 2.06 bits per heavy atom. The van der Waals surface area contributed by atoms with Gasteiger partial charge in [0.25, 0.3) is 5.91 Å². The van der Waals surface area contributed by atoms with Crippen LogP contribution in [-0.4, -0.2) is 16.9 Å². The molecule has 1 N–H and O–H groups in total. The van der Waals surface area contributed by atoms with Crippen LogP contribution in [0.3, 0.4) is 0 Å². The highest BCUT2D eigenvalue weighted by Crippen LogP contribution is 2.19. The molecular weight excluding hydrogens is 239 g/mol. The number of carbonyl (C=O) groups is 1. The second-order valence-corrected chi connectivity index (χ2v) is 4.04. The molecule has 0 radical (unpaired) electrons. The molecule has 1 aliphatic rings. The number of hydrogen-bond donors (Lipinski definition) is 1. The van der Waals surface area contributed by atoms with E-state index in [-0.39, 0.29) is 11.6 Å². The summed E-state index contributed by atoms with van der Waals surface area (Å²) in [7, 11) is 0. The van der Waals surface area contributed by atoms with E-state index in [0.717, 1.165) is 25.0 Å². The predicted molar refractivity (Wildman–Crippen MR) is 62.7 cm³/mol. The molecule has 18 heavy (non-hydrogen) atoms. The number of nitrogens with zero attached hydrogens (tertiary/aromatic N) is 1. The molecule has 94 valence electrons. The number of rotatable bonds is 3. The summed E-state index contributed by atoms with van der Waals surface area (Å²) in [5, 5.41) is 13.3. The van der Waals surface area contributed by atoms with Crippen LogP contribution in [0.5, 0.6) is 0 Å². The monoisotopic (exact) mass is 250 g/mol. The highest BCUT2D eigenvalue weighted by atomic mass is 19.1. The molecule has 0 atom stereocenters. The van der Waals surface area contributed by atoms with Crippen molar-refractivity contribution in [2.45, 2.75) is 18.9 Å². The van der Waals surface area contributed by atoms with Crippen molar-refractivity contribution in [2.75, 3.05) is 0 Å². The molecule has 0 fully saturated rings. The Hall–Kier alpha value is -2.24. The van der Waals surface area contributed by atoms with E-state index in [9.17, 15) is 19.3 Å². The van der Waals surface area contributed by atoms with Crippen molar-refractivity contribution in [1.29, 1.82) is 0 Å². The maximum absolute atomic E-state index is 13.1. The Balaban J connectivity index is 2.15. The van der Waals surface area contributed by atoms with E-state index in [1.165, 1.54) is 6.07 Å². The van der Waals surface area contributed by atoms with E-state index >= 15 is 0 Å². The SMILES string of the molecule is O=C(NC1CC=CC1)c1ccc(F)c([N+](=O)[O-])c1. The second kappa shape index (κ2) is 4.95. The van der Waals surface area contributed by atoms with Gasteiger partial charge in [0.15, 0.2) is 0 Å². The van der Waals surface area contributed by atoms with Gasteiger partial charge in [-0.05, 0) is 25.0 Å². The Bertz CT molecular complexity index is 520. The van der Waals surface area contributed by atoms with Crippen LogP contribution in [0.15, 0.2) is 30.4 Å². The highest BCUT2D eigenvalue weighted by molar-refractivity contribution is 5.95. The van der Waals surface area contributed by atoms with Crippen LogP contribution >= 0.6 is 0 Å². The van der Waals surface area contributed by atoms with E-state index < -0.39 is 22.3 Å². The number of hydrogen-bond acceptors (Lipinski definition) is 3. The molecule has 0 heterocycles. The van der Waals surface area contributed by atoms with Gasteiger partial charge in [-0.1, -0.05) is 12.2 Å². The fourth-order valence-corrected chi connectivity index (χ4v) is 1.80. The third-order valence-electron chi connectivity index (χ3n) is 2.75. The maximum atomic E-state index is 13.1. The molecule has 0 saturated heterocycles. The van der Waals surface area contributed by atoms with Crippen molar-refractivity contribution >= 4 is 11.6 Å². The van der Waals surface area contributed by atoms with Gasteiger partial charge in [-0.25, -0.2) is 0 Å². The van der Waals surface area contributed by atoms with Crippen LogP contribution in [-0.2, 0) is 0 Å². The lowest BCUT2D eigenvalue weighted by Crippen LogP contribution is -2.32. The largest absolute Gasteiger partial charge is 0.349 e. The van der Waals surface area contributed by atoms with Gasteiger partial charge in [-0.15, -0.1) is 0 Å². The van der Waals surface area contributed by atoms with Gasteiger partial charge in [0.05, 0.1) is 4.92 Å². The van der Waals surface area contributed by atoms with Crippen LogP contribution in [0.2, 0.25) is 0 Å². The normalized spacial score (nSPS) is 14.7. The molecule has 1 aromatic carbocycles. The molecule has 1 aromatic rings. The molecule has 5 nitrogen and oxygen atoms in total. The fraction of sp³-hybridized carbons (Fsp3) is 0.250. The van der Waals surface area contributed by atoms with Crippen LogP contribution in [0.4, 0.5) is 10.1 Å². The standard InChI is InChI=1S/C12H11FN2O3/c13-10-6-5-8(7-11(10)15(17)18)12(16)14-9-3-1-2-4-9/h1-2,5-7,9H,3-4H2,(H,14,16). The first-order valence-electron chi connectivity index (χ1n) is 5.47. The Morgan fingerprint density at radius 1 is 1.39 bits per heavy atom. The maximum Gasteiger partial charge on any atom is 0.305 e. The lowest BCUT2D eigenvalue weighted by Gasteiger charge is -2.11. The molecule has 6 heteroatoms. The zero-order chi connectivity index (χ0) is 13.1. The van der Waals surface area contributed by atoms with Crippen molar-refractivity contribution in [3.63, 3.8) is 0 Å². The van der Waals surface area contributed by atoms with Crippen molar-refractivity contribution in [2.24, 2.45) is 0 Å². The number of benzene rings is 1. The first-order valence-corrected chi connectivity index (χ1v) is 5.47. The first-order chi connectivity index (χ1) is 8.58. The van der Waals surface area contributed by atoms with Gasteiger partial charge in [0, 0.05) is 17.7 Å². The summed E-state index contributed by atoms with van der Waals surface area (Å²) in [5.74, 6) is -1.37. The zero-order valence-electron chi connectivity index (χ0n) is 9.43. The summed E-state index contributed by atoms with van der Waals surface area (Å²) in [5.41, 5.74) is -0.595. The minimum atomic E-state index is -0.945. The molecule has 0 saturated carbocycles. The summed E-state index contributed by atoms with van der Waals surface area (Å²) >= 11 is 0. The van der Waals surface area contributed by atoms with Gasteiger partial charge >= 0.3 is 5.69 Å². The average molecular weight is 250 g/mol. The number of amides is 1. The summed E-state index contributed by atoms with van der Waals surface area (Å²) in [6.07, 6.45) is 5.40. The molecule has 0 bridgehead atoms. The van der Waals surface area contributed by atoms with Crippen molar-refractivity contribution in [3.05, 3.63) is 51.8 Å².